The molecule has 396 valence electrons. The maximum Gasteiger partial charge on any atom is 0.407 e. The highest BCUT2D eigenvalue weighted by molar-refractivity contribution is 5.95. The number of nitrogens with one attached hydrogen (secondary N) is 2. The van der Waals surface area contributed by atoms with E-state index in [1.54, 1.807) is 7.11 Å². The standard InChI is InChI=1S/2C29H38N2O3.2CO2/c1-20-15-16-22-24(19-20)31(18-17-30-28(32)34-29(2,3)4)27(23-13-9-10-14-25(23)33-5)26(22)21-11-7-6-8-12-21;1-20-14-15-24-25(18-20)31(17-16-30-28(33)34-29(2,3)4)27(23-13-9-8-12-22(23)19-32)26(24)21-10-6-5-7-11-21;2*2-1-3/h9-10,13-16,19,21H,6-8,11-12,17-18H2,1-5H3,(H,30,32);8-9,12-15,18,21,32H,5-7,10-11,16-17,19H2,1-4H3,(H,30,33);;. The number of hydrogen-bond acceptors (Lipinski definition) is 10. The molecule has 2 amide bonds. The summed E-state index contributed by atoms with van der Waals surface area (Å²) in [5.74, 6) is 1.90. The average Bonchev–Trinajstić information content (AvgIpc) is 3.85. The highest BCUT2D eigenvalue weighted by Gasteiger charge is 2.30. The Morgan fingerprint density at radius 2 is 0.986 bits per heavy atom. The lowest BCUT2D eigenvalue weighted by Crippen LogP contribution is -2.34. The first kappa shape index (κ1) is 57.9. The average molecular weight is 1010 g/mol. The van der Waals surface area contributed by atoms with E-state index in [1.807, 2.05) is 71.9 Å². The molecule has 2 saturated carbocycles. The van der Waals surface area contributed by atoms with Crippen molar-refractivity contribution in [3.8, 4) is 28.3 Å². The van der Waals surface area contributed by atoms with Gasteiger partial charge in [0.15, 0.2) is 0 Å². The van der Waals surface area contributed by atoms with Gasteiger partial charge in [-0.2, -0.15) is 19.2 Å². The van der Waals surface area contributed by atoms with Crippen LogP contribution in [0.2, 0.25) is 0 Å². The Morgan fingerprint density at radius 1 is 0.595 bits per heavy atom. The zero-order valence-electron chi connectivity index (χ0n) is 44.9. The second-order valence-corrected chi connectivity index (χ2v) is 21.1. The molecule has 6 aromatic rings. The highest BCUT2D eigenvalue weighted by atomic mass is 16.6. The topological polar surface area (TPSA) is 184 Å². The molecule has 0 aliphatic heterocycles. The molecule has 0 spiro atoms. The van der Waals surface area contributed by atoms with Gasteiger partial charge < -0.3 is 39.1 Å². The van der Waals surface area contributed by atoms with Gasteiger partial charge in [0.2, 0.25) is 0 Å². The molecule has 2 heterocycles. The Labute approximate surface area is 436 Å². The lowest BCUT2D eigenvalue weighted by Gasteiger charge is -2.24. The zero-order chi connectivity index (χ0) is 54.0. The van der Waals surface area contributed by atoms with Crippen LogP contribution in [0.25, 0.3) is 44.3 Å². The first-order valence-corrected chi connectivity index (χ1v) is 25.9. The SMILES string of the molecule is COc1ccccc1-c1c(C2CCCCC2)c2ccc(C)cc2n1CCNC(=O)OC(C)(C)C.Cc1ccc2c(C3CCCCC3)c(-c3ccccc3CO)n(CCNC(=O)OC(C)(C)C)c2c1.O=C=O.O=C=O. The molecule has 8 rings (SSSR count). The van der Waals surface area contributed by atoms with Crippen molar-refractivity contribution < 1.29 is 48.1 Å². The summed E-state index contributed by atoms with van der Waals surface area (Å²) in [7, 11) is 1.74. The maximum atomic E-state index is 12.3. The number of amides is 2. The lowest BCUT2D eigenvalue weighted by molar-refractivity contribution is -0.193. The summed E-state index contributed by atoms with van der Waals surface area (Å²) in [6.45, 7) is 17.7. The fourth-order valence-corrected chi connectivity index (χ4v) is 10.5. The van der Waals surface area contributed by atoms with Gasteiger partial charge in [0.05, 0.1) is 25.1 Å². The summed E-state index contributed by atoms with van der Waals surface area (Å²) in [6, 6.07) is 29.9. The largest absolute Gasteiger partial charge is 0.496 e. The molecule has 74 heavy (non-hydrogen) atoms. The number of nitrogens with zero attached hydrogens (tertiary/aromatic N) is 2. The summed E-state index contributed by atoms with van der Waals surface area (Å²) < 4.78 is 21.4. The molecule has 2 aliphatic rings. The van der Waals surface area contributed by atoms with Crippen molar-refractivity contribution in [1.29, 1.82) is 0 Å². The Morgan fingerprint density at radius 3 is 1.39 bits per heavy atom. The number of benzene rings is 4. The smallest absolute Gasteiger partial charge is 0.407 e. The quantitative estimate of drug-likeness (QED) is 0.107. The van der Waals surface area contributed by atoms with Crippen LogP contribution >= 0.6 is 0 Å². The molecule has 2 aliphatic carbocycles. The lowest BCUT2D eigenvalue weighted by atomic mass is 9.81. The molecule has 4 aromatic carbocycles. The summed E-state index contributed by atoms with van der Waals surface area (Å²) in [4.78, 5) is 57.1. The van der Waals surface area contributed by atoms with Crippen LogP contribution in [0.3, 0.4) is 0 Å². The second-order valence-electron chi connectivity index (χ2n) is 21.1. The van der Waals surface area contributed by atoms with Gasteiger partial charge in [0.1, 0.15) is 17.0 Å². The van der Waals surface area contributed by atoms with Crippen molar-refractivity contribution in [1.82, 2.24) is 19.8 Å². The normalized spacial score (nSPS) is 13.9. The van der Waals surface area contributed by atoms with Gasteiger partial charge in [0, 0.05) is 59.1 Å². The number of aliphatic hydroxyl groups excluding tert-OH is 1. The molecule has 0 saturated heterocycles. The van der Waals surface area contributed by atoms with Crippen molar-refractivity contribution in [2.45, 2.75) is 162 Å². The predicted molar refractivity (Wildman–Crippen MR) is 287 cm³/mol. The van der Waals surface area contributed by atoms with Crippen molar-refractivity contribution in [3.63, 3.8) is 0 Å². The number of alkyl carbamates (subject to hydrolysis) is 2. The van der Waals surface area contributed by atoms with E-state index in [0.717, 1.165) is 22.4 Å². The summed E-state index contributed by atoms with van der Waals surface area (Å²) in [6.07, 6.45) is 12.2. The number of aliphatic hydroxyl groups is 1. The predicted octanol–water partition coefficient (Wildman–Crippen LogP) is 12.7. The summed E-state index contributed by atoms with van der Waals surface area (Å²) >= 11 is 0. The van der Waals surface area contributed by atoms with Crippen LogP contribution in [-0.4, -0.2) is 70.1 Å². The van der Waals surface area contributed by atoms with Gasteiger partial charge in [-0.05, 0) is 145 Å². The molecule has 14 nitrogen and oxygen atoms in total. The van der Waals surface area contributed by atoms with Crippen molar-refractivity contribution in [2.24, 2.45) is 0 Å². The van der Waals surface area contributed by atoms with E-state index in [0.29, 0.717) is 38.0 Å². The van der Waals surface area contributed by atoms with Gasteiger partial charge >= 0.3 is 24.5 Å². The fourth-order valence-electron chi connectivity index (χ4n) is 10.5. The van der Waals surface area contributed by atoms with Crippen molar-refractivity contribution >= 4 is 46.3 Å². The summed E-state index contributed by atoms with van der Waals surface area (Å²) in [5.41, 5.74) is 12.1. The first-order chi connectivity index (χ1) is 35.4. The third-order valence-corrected chi connectivity index (χ3v) is 13.4. The van der Waals surface area contributed by atoms with Crippen LogP contribution in [0.1, 0.15) is 145 Å². The Balaban J connectivity index is 0.000000248. The first-order valence-electron chi connectivity index (χ1n) is 25.9. The molecule has 0 radical (unpaired) electrons. The third-order valence-electron chi connectivity index (χ3n) is 13.4. The van der Waals surface area contributed by atoms with Crippen LogP contribution in [0, 0.1) is 13.8 Å². The number of aryl methyl sites for hydroxylation is 2. The van der Waals surface area contributed by atoms with E-state index >= 15 is 0 Å². The Kier molecular flexibility index (Phi) is 21.4. The molecular formula is C60H76N4O10. The number of ether oxygens (including phenoxy) is 3. The number of methoxy groups -OCH3 is 1. The van der Waals surface area contributed by atoms with Gasteiger partial charge in [-0.25, -0.2) is 9.59 Å². The minimum absolute atomic E-state index is 0.00298. The van der Waals surface area contributed by atoms with E-state index in [9.17, 15) is 14.7 Å². The molecule has 0 bridgehead atoms. The van der Waals surface area contributed by atoms with E-state index in [2.05, 4.69) is 88.2 Å². The van der Waals surface area contributed by atoms with Crippen LogP contribution in [0.5, 0.6) is 5.75 Å². The van der Waals surface area contributed by atoms with Gasteiger partial charge in [0.25, 0.3) is 0 Å². The van der Waals surface area contributed by atoms with E-state index in [1.165, 1.54) is 120 Å². The second kappa shape index (κ2) is 27.3. The van der Waals surface area contributed by atoms with Gasteiger partial charge in [-0.1, -0.05) is 99.2 Å². The molecule has 2 fully saturated rings. The van der Waals surface area contributed by atoms with Crippen molar-refractivity contribution in [2.75, 3.05) is 20.2 Å². The van der Waals surface area contributed by atoms with E-state index in [4.69, 9.17) is 33.4 Å². The number of rotatable bonds is 12. The Bertz CT molecular complexity index is 2680. The number of fused-ring (bicyclic) bond motifs is 2. The molecule has 3 N–H and O–H groups in total. The minimum Gasteiger partial charge on any atom is -0.496 e. The Hall–Kier alpha value is -6.98. The number of hydrogen-bond donors (Lipinski definition) is 3. The highest BCUT2D eigenvalue weighted by Crippen LogP contribution is 2.47. The molecule has 2 aromatic heterocycles. The van der Waals surface area contributed by atoms with Crippen LogP contribution < -0.4 is 15.4 Å². The maximum absolute atomic E-state index is 12.3. The number of para-hydroxylation sites is 1. The van der Waals surface area contributed by atoms with Crippen LogP contribution in [0.15, 0.2) is 84.9 Å². The molecule has 0 unspecified atom stereocenters. The number of carbonyl (C=O) groups is 2. The van der Waals surface area contributed by atoms with E-state index < -0.39 is 17.3 Å². The van der Waals surface area contributed by atoms with Crippen LogP contribution in [-0.2, 0) is 48.3 Å². The monoisotopic (exact) mass is 1010 g/mol. The third kappa shape index (κ3) is 15.5. The fraction of sp³-hybridized carbons (Fsp3) is 0.467. The molecular weight excluding hydrogens is 937 g/mol. The van der Waals surface area contributed by atoms with Crippen molar-refractivity contribution in [3.05, 3.63) is 113 Å². The van der Waals surface area contributed by atoms with Gasteiger partial charge in [-0.3, -0.25) is 0 Å². The number of carbonyl (C=O) groups excluding carboxylic acids is 6. The van der Waals surface area contributed by atoms with Gasteiger partial charge in [-0.15, -0.1) is 0 Å². The zero-order valence-corrected chi connectivity index (χ0v) is 44.9. The van der Waals surface area contributed by atoms with E-state index in [-0.39, 0.29) is 25.0 Å². The van der Waals surface area contributed by atoms with Crippen LogP contribution in [0.4, 0.5) is 9.59 Å². The molecule has 14 heteroatoms. The minimum atomic E-state index is -0.527. The number of aromatic nitrogens is 2. The molecule has 0 atom stereocenters. The summed E-state index contributed by atoms with van der Waals surface area (Å²) in [5, 5.41) is 18.7.